The number of benzene rings is 2. The first-order valence-corrected chi connectivity index (χ1v) is 7.06. The van der Waals surface area contributed by atoms with Gasteiger partial charge in [0.2, 0.25) is 0 Å². The van der Waals surface area contributed by atoms with Crippen LogP contribution in [0.25, 0.3) is 0 Å². The lowest BCUT2D eigenvalue weighted by Crippen LogP contribution is -2.06. The number of hydrogen-bond acceptors (Lipinski definition) is 2. The molecule has 0 spiro atoms. The van der Waals surface area contributed by atoms with Crippen LogP contribution in [0.1, 0.15) is 37.2 Å². The van der Waals surface area contributed by atoms with Crippen molar-refractivity contribution in [3.8, 4) is 5.75 Å². The zero-order valence-corrected chi connectivity index (χ0v) is 12.6. The minimum absolute atomic E-state index is 0.0620. The van der Waals surface area contributed by atoms with Gasteiger partial charge in [-0.1, -0.05) is 52.3 Å². The first kappa shape index (κ1) is 14.1. The standard InChI is InChI=1S/C16H17BrO2/c1-11(18)15-9-8-14(17)10-16(15)19-12(2)13-6-4-3-5-7-13/h3-12,18H,1-2H3/t11-,12?/m1/s1. The van der Waals surface area contributed by atoms with Gasteiger partial charge in [0.05, 0.1) is 6.10 Å². The average molecular weight is 321 g/mol. The van der Waals surface area contributed by atoms with Gasteiger partial charge >= 0.3 is 0 Å². The topological polar surface area (TPSA) is 29.5 Å². The van der Waals surface area contributed by atoms with Gasteiger partial charge < -0.3 is 9.84 Å². The lowest BCUT2D eigenvalue weighted by atomic mass is 10.1. The molecule has 0 aliphatic heterocycles. The second kappa shape index (κ2) is 6.22. The van der Waals surface area contributed by atoms with Crippen molar-refractivity contribution >= 4 is 15.9 Å². The molecular formula is C16H17BrO2. The van der Waals surface area contributed by atoms with Crippen LogP contribution in [0, 0.1) is 0 Å². The number of ether oxygens (including phenoxy) is 1. The molecule has 0 aromatic heterocycles. The number of hydrogen-bond donors (Lipinski definition) is 1. The zero-order valence-electron chi connectivity index (χ0n) is 11.0. The molecule has 0 aliphatic rings. The van der Waals surface area contributed by atoms with Crippen molar-refractivity contribution in [2.75, 3.05) is 0 Å². The Labute approximate surface area is 122 Å². The van der Waals surface area contributed by atoms with Crippen LogP contribution < -0.4 is 4.74 Å². The van der Waals surface area contributed by atoms with E-state index in [0.29, 0.717) is 5.75 Å². The van der Waals surface area contributed by atoms with Crippen molar-refractivity contribution in [1.82, 2.24) is 0 Å². The first-order chi connectivity index (χ1) is 9.08. The first-order valence-electron chi connectivity index (χ1n) is 6.27. The Kier molecular flexibility index (Phi) is 4.61. The van der Waals surface area contributed by atoms with Crippen molar-refractivity contribution in [2.24, 2.45) is 0 Å². The number of rotatable bonds is 4. The van der Waals surface area contributed by atoms with Gasteiger partial charge in [0.1, 0.15) is 11.9 Å². The Hall–Kier alpha value is -1.32. The molecule has 0 bridgehead atoms. The Morgan fingerprint density at radius 1 is 1.05 bits per heavy atom. The highest BCUT2D eigenvalue weighted by Gasteiger charge is 2.13. The van der Waals surface area contributed by atoms with E-state index < -0.39 is 6.10 Å². The Morgan fingerprint density at radius 2 is 1.74 bits per heavy atom. The molecule has 1 unspecified atom stereocenters. The molecule has 2 aromatic rings. The average Bonchev–Trinajstić information content (AvgIpc) is 2.39. The normalized spacial score (nSPS) is 13.9. The highest BCUT2D eigenvalue weighted by atomic mass is 79.9. The van der Waals surface area contributed by atoms with Gasteiger partial charge in [0.15, 0.2) is 0 Å². The quantitative estimate of drug-likeness (QED) is 0.889. The Bertz CT molecular complexity index is 538. The molecular weight excluding hydrogens is 304 g/mol. The van der Waals surface area contributed by atoms with E-state index in [4.69, 9.17) is 4.74 Å². The molecule has 2 rings (SSSR count). The molecule has 0 saturated carbocycles. The van der Waals surface area contributed by atoms with Crippen LogP contribution in [0.5, 0.6) is 5.75 Å². The maximum absolute atomic E-state index is 9.78. The van der Waals surface area contributed by atoms with Crippen molar-refractivity contribution in [3.05, 3.63) is 64.1 Å². The van der Waals surface area contributed by atoms with Crippen LogP contribution in [-0.2, 0) is 0 Å². The second-order valence-corrected chi connectivity index (χ2v) is 5.44. The monoisotopic (exact) mass is 320 g/mol. The van der Waals surface area contributed by atoms with Crippen molar-refractivity contribution in [2.45, 2.75) is 26.1 Å². The van der Waals surface area contributed by atoms with Crippen LogP contribution in [0.2, 0.25) is 0 Å². The fraction of sp³-hybridized carbons (Fsp3) is 0.250. The van der Waals surface area contributed by atoms with Crippen LogP contribution in [0.15, 0.2) is 53.0 Å². The third kappa shape index (κ3) is 3.58. The SMILES string of the molecule is CC(Oc1cc(Br)ccc1[C@@H](C)O)c1ccccc1. The van der Waals surface area contributed by atoms with Gasteiger partial charge in [-0.15, -0.1) is 0 Å². The number of aliphatic hydroxyl groups excluding tert-OH is 1. The molecule has 0 saturated heterocycles. The molecule has 0 fully saturated rings. The van der Waals surface area contributed by atoms with Gasteiger partial charge in [-0.05, 0) is 31.5 Å². The van der Waals surface area contributed by atoms with Crippen LogP contribution in [0.3, 0.4) is 0 Å². The summed E-state index contributed by atoms with van der Waals surface area (Å²) in [6.07, 6.45) is -0.612. The lowest BCUT2D eigenvalue weighted by molar-refractivity contribution is 0.179. The summed E-state index contributed by atoms with van der Waals surface area (Å²) in [4.78, 5) is 0. The summed E-state index contributed by atoms with van der Waals surface area (Å²) >= 11 is 3.43. The van der Waals surface area contributed by atoms with Crippen LogP contribution >= 0.6 is 15.9 Å². The fourth-order valence-electron chi connectivity index (χ4n) is 1.94. The summed E-state index contributed by atoms with van der Waals surface area (Å²) in [5.74, 6) is 0.709. The third-order valence-corrected chi connectivity index (χ3v) is 3.49. The summed E-state index contributed by atoms with van der Waals surface area (Å²) < 4.78 is 6.92. The van der Waals surface area contributed by atoms with Gasteiger partial charge in [-0.2, -0.15) is 0 Å². The smallest absolute Gasteiger partial charge is 0.127 e. The summed E-state index contributed by atoms with van der Waals surface area (Å²) in [6, 6.07) is 15.7. The van der Waals surface area contributed by atoms with Crippen molar-refractivity contribution in [3.63, 3.8) is 0 Å². The molecule has 2 atom stereocenters. The van der Waals surface area contributed by atoms with Gasteiger partial charge in [-0.3, -0.25) is 0 Å². The zero-order chi connectivity index (χ0) is 13.8. The van der Waals surface area contributed by atoms with Gasteiger partial charge in [0, 0.05) is 10.0 Å². The largest absolute Gasteiger partial charge is 0.486 e. The molecule has 2 nitrogen and oxygen atoms in total. The highest BCUT2D eigenvalue weighted by molar-refractivity contribution is 9.10. The molecule has 3 heteroatoms. The highest BCUT2D eigenvalue weighted by Crippen LogP contribution is 2.32. The van der Waals surface area contributed by atoms with Crippen LogP contribution in [0.4, 0.5) is 0 Å². The van der Waals surface area contributed by atoms with Gasteiger partial charge in [-0.25, -0.2) is 0 Å². The molecule has 0 radical (unpaired) electrons. The van der Waals surface area contributed by atoms with E-state index in [1.54, 1.807) is 6.92 Å². The molecule has 0 heterocycles. The molecule has 1 N–H and O–H groups in total. The number of aliphatic hydroxyl groups is 1. The number of halogens is 1. The molecule has 100 valence electrons. The Morgan fingerprint density at radius 3 is 2.37 bits per heavy atom. The second-order valence-electron chi connectivity index (χ2n) is 4.53. The van der Waals surface area contributed by atoms with Crippen molar-refractivity contribution < 1.29 is 9.84 Å². The third-order valence-electron chi connectivity index (χ3n) is 3.00. The predicted molar refractivity (Wildman–Crippen MR) is 80.3 cm³/mol. The van der Waals surface area contributed by atoms with E-state index >= 15 is 0 Å². The molecule has 2 aromatic carbocycles. The van der Waals surface area contributed by atoms with E-state index in [2.05, 4.69) is 15.9 Å². The minimum atomic E-state index is -0.550. The minimum Gasteiger partial charge on any atom is -0.486 e. The molecule has 0 aliphatic carbocycles. The van der Waals surface area contributed by atoms with E-state index in [0.717, 1.165) is 15.6 Å². The fourth-order valence-corrected chi connectivity index (χ4v) is 2.28. The van der Waals surface area contributed by atoms with E-state index in [1.807, 2.05) is 55.5 Å². The van der Waals surface area contributed by atoms with E-state index in [9.17, 15) is 5.11 Å². The predicted octanol–water partition coefficient (Wildman–Crippen LogP) is 4.64. The summed E-state index contributed by atoms with van der Waals surface area (Å²) in [5, 5.41) is 9.78. The van der Waals surface area contributed by atoms with Gasteiger partial charge in [0.25, 0.3) is 0 Å². The van der Waals surface area contributed by atoms with Crippen LogP contribution in [-0.4, -0.2) is 5.11 Å². The van der Waals surface area contributed by atoms with Crippen molar-refractivity contribution in [1.29, 1.82) is 0 Å². The maximum Gasteiger partial charge on any atom is 0.127 e. The summed E-state index contributed by atoms with van der Waals surface area (Å²) in [7, 11) is 0. The molecule has 0 amide bonds. The summed E-state index contributed by atoms with van der Waals surface area (Å²) in [5.41, 5.74) is 1.91. The van der Waals surface area contributed by atoms with E-state index in [-0.39, 0.29) is 6.10 Å². The molecule has 19 heavy (non-hydrogen) atoms. The van der Waals surface area contributed by atoms with E-state index in [1.165, 1.54) is 0 Å². The Balaban J connectivity index is 2.25. The lowest BCUT2D eigenvalue weighted by Gasteiger charge is -2.19. The summed E-state index contributed by atoms with van der Waals surface area (Å²) in [6.45, 7) is 3.74. The maximum atomic E-state index is 9.78.